The molecule has 0 aromatic heterocycles. The van der Waals surface area contributed by atoms with E-state index >= 15 is 0 Å². The molecule has 1 aliphatic rings. The number of halogens is 1. The third kappa shape index (κ3) is 2.14. The van der Waals surface area contributed by atoms with E-state index in [0.717, 1.165) is 0 Å². The van der Waals surface area contributed by atoms with Gasteiger partial charge in [0.1, 0.15) is 41.2 Å². The molecule has 4 nitrogen and oxygen atoms in total. The highest BCUT2D eigenvalue weighted by molar-refractivity contribution is 5.98. The Morgan fingerprint density at radius 3 is 1.76 bits per heavy atom. The van der Waals surface area contributed by atoms with Crippen molar-refractivity contribution in [3.05, 3.63) is 45.8 Å². The summed E-state index contributed by atoms with van der Waals surface area (Å²) in [6, 6.07) is 9.92. The van der Waals surface area contributed by atoms with Gasteiger partial charge in [-0.2, -0.15) is 21.0 Å². The van der Waals surface area contributed by atoms with Gasteiger partial charge in [-0.25, -0.2) is 4.39 Å². The van der Waals surface area contributed by atoms with E-state index in [2.05, 4.69) is 0 Å². The number of rotatable bonds is 0. The highest BCUT2D eigenvalue weighted by atomic mass is 19.1. The molecule has 0 radical (unpaired) electrons. The fourth-order valence-electron chi connectivity index (χ4n) is 2.31. The number of allylic oxidation sites excluding steroid dienone is 4. The molecule has 0 N–H and O–H groups in total. The van der Waals surface area contributed by atoms with E-state index in [4.69, 9.17) is 21.0 Å². The molecule has 2 rings (SSSR count). The average Bonchev–Trinajstić information content (AvgIpc) is 2.82. The van der Waals surface area contributed by atoms with Crippen LogP contribution in [0.15, 0.2) is 23.3 Å². The summed E-state index contributed by atoms with van der Waals surface area (Å²) >= 11 is 0. The van der Waals surface area contributed by atoms with Gasteiger partial charge in [0.25, 0.3) is 0 Å². The quantitative estimate of drug-likeness (QED) is 0.679. The van der Waals surface area contributed by atoms with E-state index in [1.165, 1.54) is 12.1 Å². The third-order valence-electron chi connectivity index (χ3n) is 3.35. The molecular formula is C16H7FN4. The molecule has 21 heavy (non-hydrogen) atoms. The van der Waals surface area contributed by atoms with E-state index in [1.807, 2.05) is 0 Å². The number of benzene rings is 1. The van der Waals surface area contributed by atoms with Crippen LogP contribution in [0.1, 0.15) is 23.1 Å². The van der Waals surface area contributed by atoms with Crippen LogP contribution in [-0.2, 0) is 0 Å². The lowest BCUT2D eigenvalue weighted by molar-refractivity contribution is 0.618. The minimum Gasteiger partial charge on any atom is -0.207 e. The summed E-state index contributed by atoms with van der Waals surface area (Å²) in [4.78, 5) is 0. The van der Waals surface area contributed by atoms with E-state index in [9.17, 15) is 4.39 Å². The number of hydrogen-bond donors (Lipinski definition) is 0. The molecule has 5 heteroatoms. The summed E-state index contributed by atoms with van der Waals surface area (Å²) in [6.45, 7) is 1.57. The van der Waals surface area contributed by atoms with Gasteiger partial charge in [-0.15, -0.1) is 0 Å². The third-order valence-corrected chi connectivity index (χ3v) is 3.35. The number of nitriles is 4. The SMILES string of the molecule is Cc1cc2c(cc1F)C(=C(C#N)C#N)CC2=C(C#N)C#N. The van der Waals surface area contributed by atoms with E-state index in [0.29, 0.717) is 27.8 Å². The topological polar surface area (TPSA) is 95.2 Å². The fraction of sp³-hybridized carbons (Fsp3) is 0.125. The first-order valence-electron chi connectivity index (χ1n) is 5.95. The standard InChI is InChI=1S/C16H7FN4/c1-9-2-14-12(10(5-18)6-19)3-13(11(7-20)8-21)15(14)4-16(9)17/h2,4H,3H2,1H3. The molecule has 1 aromatic carbocycles. The fourth-order valence-corrected chi connectivity index (χ4v) is 2.31. The predicted octanol–water partition coefficient (Wildman–Crippen LogP) is 3.14. The van der Waals surface area contributed by atoms with Crippen LogP contribution >= 0.6 is 0 Å². The lowest BCUT2D eigenvalue weighted by Crippen LogP contribution is -1.90. The van der Waals surface area contributed by atoms with Gasteiger partial charge < -0.3 is 0 Å². The Hall–Kier alpha value is -3.41. The van der Waals surface area contributed by atoms with Gasteiger partial charge in [-0.05, 0) is 46.9 Å². The molecule has 0 heterocycles. The average molecular weight is 274 g/mol. The molecular weight excluding hydrogens is 267 g/mol. The van der Waals surface area contributed by atoms with Crippen molar-refractivity contribution in [3.8, 4) is 24.3 Å². The van der Waals surface area contributed by atoms with Crippen LogP contribution in [-0.4, -0.2) is 0 Å². The zero-order chi connectivity index (χ0) is 15.6. The zero-order valence-electron chi connectivity index (χ0n) is 11.0. The van der Waals surface area contributed by atoms with Crippen LogP contribution < -0.4 is 0 Å². The van der Waals surface area contributed by atoms with Crippen LogP contribution in [0.4, 0.5) is 4.39 Å². The molecule has 0 bridgehead atoms. The van der Waals surface area contributed by atoms with Crippen LogP contribution in [0.5, 0.6) is 0 Å². The highest BCUT2D eigenvalue weighted by Crippen LogP contribution is 2.44. The number of aryl methyl sites for hydroxylation is 1. The summed E-state index contributed by atoms with van der Waals surface area (Å²) in [6.07, 6.45) is 0.102. The van der Waals surface area contributed by atoms with Crippen molar-refractivity contribution in [3.63, 3.8) is 0 Å². The summed E-state index contributed by atoms with van der Waals surface area (Å²) in [5.41, 5.74) is 1.86. The van der Waals surface area contributed by atoms with Gasteiger partial charge in [0, 0.05) is 6.42 Å². The molecule has 0 aliphatic heterocycles. The van der Waals surface area contributed by atoms with Crippen molar-refractivity contribution in [1.82, 2.24) is 0 Å². The molecule has 0 amide bonds. The van der Waals surface area contributed by atoms with Gasteiger partial charge in [0.05, 0.1) is 0 Å². The Morgan fingerprint density at radius 1 is 0.905 bits per heavy atom. The second-order valence-corrected chi connectivity index (χ2v) is 4.48. The first-order valence-corrected chi connectivity index (χ1v) is 5.95. The van der Waals surface area contributed by atoms with Crippen LogP contribution in [0.3, 0.4) is 0 Å². The lowest BCUT2D eigenvalue weighted by atomic mass is 10.00. The molecule has 0 saturated carbocycles. The second-order valence-electron chi connectivity index (χ2n) is 4.48. The van der Waals surface area contributed by atoms with E-state index in [-0.39, 0.29) is 17.6 Å². The summed E-state index contributed by atoms with van der Waals surface area (Å²) in [7, 11) is 0. The van der Waals surface area contributed by atoms with Crippen LogP contribution in [0.25, 0.3) is 11.1 Å². The lowest BCUT2D eigenvalue weighted by Gasteiger charge is -2.04. The van der Waals surface area contributed by atoms with Crippen molar-refractivity contribution in [2.24, 2.45) is 0 Å². The summed E-state index contributed by atoms with van der Waals surface area (Å²) in [5, 5.41) is 36.1. The molecule has 98 valence electrons. The smallest absolute Gasteiger partial charge is 0.133 e. The number of hydrogen-bond acceptors (Lipinski definition) is 4. The Bertz CT molecular complexity index is 772. The first kappa shape index (κ1) is 14.0. The van der Waals surface area contributed by atoms with Crippen LogP contribution in [0, 0.1) is 58.1 Å². The Kier molecular flexibility index (Phi) is 3.53. The Morgan fingerprint density at radius 2 is 1.33 bits per heavy atom. The van der Waals surface area contributed by atoms with Gasteiger partial charge in [0.2, 0.25) is 0 Å². The van der Waals surface area contributed by atoms with Crippen LogP contribution in [0.2, 0.25) is 0 Å². The second kappa shape index (κ2) is 5.30. The van der Waals surface area contributed by atoms with Crippen molar-refractivity contribution >= 4 is 11.1 Å². The largest absolute Gasteiger partial charge is 0.207 e. The predicted molar refractivity (Wildman–Crippen MR) is 72.0 cm³/mol. The number of fused-ring (bicyclic) bond motifs is 1. The first-order chi connectivity index (χ1) is 10.1. The van der Waals surface area contributed by atoms with Gasteiger partial charge in [-0.1, -0.05) is 0 Å². The van der Waals surface area contributed by atoms with E-state index < -0.39 is 5.82 Å². The summed E-state index contributed by atoms with van der Waals surface area (Å²) < 4.78 is 13.8. The molecule has 1 aromatic rings. The van der Waals surface area contributed by atoms with Crippen molar-refractivity contribution in [2.45, 2.75) is 13.3 Å². The Labute approximate surface area is 120 Å². The van der Waals surface area contributed by atoms with E-state index in [1.54, 1.807) is 31.2 Å². The Balaban J connectivity index is 2.91. The highest BCUT2D eigenvalue weighted by Gasteiger charge is 2.28. The number of nitrogens with zero attached hydrogens (tertiary/aromatic N) is 4. The van der Waals surface area contributed by atoms with Crippen molar-refractivity contribution in [1.29, 1.82) is 21.0 Å². The van der Waals surface area contributed by atoms with Crippen molar-refractivity contribution in [2.75, 3.05) is 0 Å². The maximum absolute atomic E-state index is 13.8. The minimum absolute atomic E-state index is 0.0903. The molecule has 1 aliphatic carbocycles. The summed E-state index contributed by atoms with van der Waals surface area (Å²) in [5.74, 6) is -0.460. The molecule has 0 fully saturated rings. The molecule has 0 saturated heterocycles. The van der Waals surface area contributed by atoms with Gasteiger partial charge >= 0.3 is 0 Å². The molecule has 0 spiro atoms. The zero-order valence-corrected chi connectivity index (χ0v) is 11.0. The van der Waals surface area contributed by atoms with Crippen molar-refractivity contribution < 1.29 is 4.39 Å². The molecule has 0 atom stereocenters. The molecule has 0 unspecified atom stereocenters. The normalized spacial score (nSPS) is 11.7. The van der Waals surface area contributed by atoms with Gasteiger partial charge in [-0.3, -0.25) is 0 Å². The van der Waals surface area contributed by atoms with Gasteiger partial charge in [0.15, 0.2) is 0 Å². The monoisotopic (exact) mass is 274 g/mol. The maximum atomic E-state index is 13.8. The maximum Gasteiger partial charge on any atom is 0.133 e. The minimum atomic E-state index is -0.460.